The van der Waals surface area contributed by atoms with E-state index in [-0.39, 0.29) is 16.6 Å². The highest BCUT2D eigenvalue weighted by molar-refractivity contribution is 5.79. The van der Waals surface area contributed by atoms with Gasteiger partial charge in [-0.25, -0.2) is 0 Å². The maximum Gasteiger partial charge on any atom is 0.133 e. The highest BCUT2D eigenvalue weighted by atomic mass is 16.3. The van der Waals surface area contributed by atoms with Crippen molar-refractivity contribution in [3.63, 3.8) is 0 Å². The largest absolute Gasteiger partial charge is 0.393 e. The van der Waals surface area contributed by atoms with Crippen LogP contribution in [0.3, 0.4) is 0 Å². The zero-order valence-electron chi connectivity index (χ0n) is 17.0. The molecular weight excluding hydrogens is 284 g/mol. The number of carbonyl (C=O) groups is 1. The summed E-state index contributed by atoms with van der Waals surface area (Å²) >= 11 is 0. The molecule has 4 rings (SSSR count). The van der Waals surface area contributed by atoms with Crippen LogP contribution in [0.4, 0.5) is 0 Å². The van der Waals surface area contributed by atoms with Gasteiger partial charge in [-0.2, -0.15) is 0 Å². The number of hydrogen-bond donors (Lipinski definition) is 1. The lowest BCUT2D eigenvalue weighted by atomic mass is 9.44. The Morgan fingerprint density at radius 2 is 1.70 bits per heavy atom. The van der Waals surface area contributed by atoms with Crippen LogP contribution in [0.15, 0.2) is 0 Å². The monoisotopic (exact) mass is 320 g/mol. The van der Waals surface area contributed by atoms with E-state index in [0.29, 0.717) is 36.5 Å². The van der Waals surface area contributed by atoms with E-state index in [0.717, 1.165) is 44.9 Å². The molecule has 0 saturated heterocycles. The first-order chi connectivity index (χ1) is 11.5. The molecule has 0 unspecified atom stereocenters. The lowest BCUT2D eigenvalue weighted by Gasteiger charge is -2.60. The van der Waals surface area contributed by atoms with E-state index in [1.54, 1.807) is 6.92 Å². The fourth-order valence-corrected chi connectivity index (χ4v) is 7.45. The van der Waals surface area contributed by atoms with Gasteiger partial charge in [0.2, 0.25) is 0 Å². The Balaban J connectivity index is 1.64. The zero-order chi connectivity index (χ0) is 18.3. The quantitative estimate of drug-likeness (QED) is 0.767. The molecule has 0 spiro atoms. The van der Waals surface area contributed by atoms with Crippen molar-refractivity contribution in [1.29, 1.82) is 0 Å². The van der Waals surface area contributed by atoms with E-state index in [9.17, 15) is 9.90 Å². The zero-order valence-corrected chi connectivity index (χ0v) is 15.0. The molecule has 0 aliphatic heterocycles. The molecular formula is C21H34O2. The third-order valence-electron chi connectivity index (χ3n) is 8.71. The molecule has 1 N–H and O–H groups in total. The van der Waals surface area contributed by atoms with Crippen LogP contribution in [0.25, 0.3) is 0 Å². The minimum absolute atomic E-state index is 0.0628. The molecule has 0 aromatic rings. The van der Waals surface area contributed by atoms with Crippen molar-refractivity contribution in [3.05, 3.63) is 0 Å². The molecule has 0 aromatic carbocycles. The van der Waals surface area contributed by atoms with Crippen molar-refractivity contribution < 1.29 is 12.6 Å². The van der Waals surface area contributed by atoms with Gasteiger partial charge in [0, 0.05) is 7.26 Å². The summed E-state index contributed by atoms with van der Waals surface area (Å²) in [6, 6.07) is 0. The van der Waals surface area contributed by atoms with E-state index in [2.05, 4.69) is 13.8 Å². The van der Waals surface area contributed by atoms with E-state index >= 15 is 0 Å². The van der Waals surface area contributed by atoms with Crippen molar-refractivity contribution >= 4 is 5.78 Å². The van der Waals surface area contributed by atoms with Gasteiger partial charge in [0.05, 0.1) is 7.45 Å². The molecule has 0 heterocycles. The van der Waals surface area contributed by atoms with Gasteiger partial charge in [0.1, 0.15) is 5.78 Å². The van der Waals surface area contributed by atoms with Crippen LogP contribution >= 0.6 is 0 Å². The van der Waals surface area contributed by atoms with Crippen LogP contribution < -0.4 is 0 Å². The molecule has 4 aliphatic carbocycles. The third kappa shape index (κ3) is 2.19. The first-order valence-electron chi connectivity index (χ1n) is 10.8. The minimum atomic E-state index is -1.22. The molecule has 4 aliphatic rings. The Hall–Kier alpha value is -0.370. The van der Waals surface area contributed by atoms with E-state index < -0.39 is 12.0 Å². The van der Waals surface area contributed by atoms with Crippen LogP contribution in [-0.4, -0.2) is 17.0 Å². The summed E-state index contributed by atoms with van der Waals surface area (Å²) in [5, 5.41) is 10.2. The molecule has 0 amide bonds. The minimum Gasteiger partial charge on any atom is -0.393 e. The Morgan fingerprint density at radius 3 is 2.43 bits per heavy atom. The molecule has 2 nitrogen and oxygen atoms in total. The van der Waals surface area contributed by atoms with Crippen molar-refractivity contribution in [2.45, 2.75) is 84.6 Å². The Labute approximate surface area is 144 Å². The Kier molecular flexibility index (Phi) is 3.20. The molecule has 4 saturated carbocycles. The van der Waals surface area contributed by atoms with Crippen molar-refractivity contribution in [3.8, 4) is 0 Å². The number of hydrogen-bond acceptors (Lipinski definition) is 2. The van der Waals surface area contributed by atoms with Gasteiger partial charge in [0.15, 0.2) is 0 Å². The fourth-order valence-electron chi connectivity index (χ4n) is 7.45. The summed E-state index contributed by atoms with van der Waals surface area (Å²) in [5.41, 5.74) is 0.0784. The van der Waals surface area contributed by atoms with Crippen LogP contribution in [0.1, 0.15) is 81.3 Å². The predicted molar refractivity (Wildman–Crippen MR) is 91.9 cm³/mol. The van der Waals surface area contributed by atoms with Crippen LogP contribution in [-0.2, 0) is 4.79 Å². The second-order valence-corrected chi connectivity index (χ2v) is 9.46. The topological polar surface area (TPSA) is 37.3 Å². The summed E-state index contributed by atoms with van der Waals surface area (Å²) in [5.74, 6) is 1.42. The molecule has 23 heavy (non-hydrogen) atoms. The number of carbonyl (C=O) groups excluding carboxylic acids is 1. The maximum absolute atomic E-state index is 12.3. The Morgan fingerprint density at radius 1 is 1.00 bits per heavy atom. The summed E-state index contributed by atoms with van der Waals surface area (Å²) in [6.45, 7) is 6.27. The van der Waals surface area contributed by atoms with Gasteiger partial charge in [-0.1, -0.05) is 13.8 Å². The summed E-state index contributed by atoms with van der Waals surface area (Å²) in [4.78, 5) is 12.3. The van der Waals surface area contributed by atoms with Crippen molar-refractivity contribution in [2.75, 3.05) is 0 Å². The summed E-state index contributed by atoms with van der Waals surface area (Å²) in [7, 11) is 0. The average Bonchev–Trinajstić information content (AvgIpc) is 2.81. The van der Waals surface area contributed by atoms with Gasteiger partial charge in [-0.3, -0.25) is 4.79 Å². The normalized spacial score (nSPS) is 63.3. The number of ketones is 1. The molecule has 0 radical (unpaired) electrons. The number of fused-ring (bicyclic) bond motifs is 5. The predicted octanol–water partition coefficient (Wildman–Crippen LogP) is 4.60. The van der Waals surface area contributed by atoms with Gasteiger partial charge < -0.3 is 5.11 Å². The van der Waals surface area contributed by atoms with Crippen molar-refractivity contribution in [1.82, 2.24) is 0 Å². The molecule has 0 aromatic heterocycles. The van der Waals surface area contributed by atoms with Crippen LogP contribution in [0, 0.1) is 40.4 Å². The molecule has 2 heteroatoms. The summed E-state index contributed by atoms with van der Waals surface area (Å²) in [6.07, 6.45) is 7.12. The van der Waals surface area contributed by atoms with Gasteiger partial charge in [-0.15, -0.1) is 0 Å². The average molecular weight is 321 g/mol. The molecule has 4 fully saturated rings. The second-order valence-electron chi connectivity index (χ2n) is 9.46. The van der Waals surface area contributed by atoms with Crippen molar-refractivity contribution in [2.24, 2.45) is 40.4 Å². The van der Waals surface area contributed by atoms with Gasteiger partial charge >= 0.3 is 0 Å². The molecule has 8 atom stereocenters. The van der Waals surface area contributed by atoms with Crippen LogP contribution in [0.2, 0.25) is 0 Å². The van der Waals surface area contributed by atoms with E-state index in [1.807, 2.05) is 0 Å². The molecule has 0 bridgehead atoms. The van der Waals surface area contributed by atoms with Crippen LogP contribution in [0.5, 0.6) is 0 Å². The van der Waals surface area contributed by atoms with E-state index in [1.165, 1.54) is 0 Å². The highest BCUT2D eigenvalue weighted by Gasteiger charge is 2.60. The number of rotatable bonds is 1. The lowest BCUT2D eigenvalue weighted by Crippen LogP contribution is -2.54. The first-order valence-corrected chi connectivity index (χ1v) is 9.77. The number of aliphatic hydroxyl groups is 1. The van der Waals surface area contributed by atoms with Gasteiger partial charge in [0.25, 0.3) is 0 Å². The SMILES string of the molecule is [2H][C@@]1(O)CC[C@@]2(C)[C@@H](CC[C@@H]3[C@@H]2CC[C@@]2(C)[C@H]3CC[C@]2([2H])C(C)=O)C1. The third-order valence-corrected chi connectivity index (χ3v) is 8.71. The first kappa shape index (κ1) is 13.9. The highest BCUT2D eigenvalue weighted by Crippen LogP contribution is 2.67. The number of Topliss-reactive ketones (excluding diaryl/α,β-unsaturated/α-hetero) is 1. The fraction of sp³-hybridized carbons (Fsp3) is 0.952. The van der Waals surface area contributed by atoms with E-state index in [4.69, 9.17) is 2.74 Å². The standard InChI is InChI=1S/C21H34O2/c1-13(22)17-6-7-18-16-5-4-14-12-15(23)8-10-20(14,2)19(16)9-11-21(17,18)3/h14-19,23H,4-12H2,1-3H3/t14-,15+,16-,17+,18-,19-,20-,21+/m0/s1/i15D,17D. The Bertz CT molecular complexity index is 590. The lowest BCUT2D eigenvalue weighted by molar-refractivity contribution is -0.138. The second kappa shape index (κ2) is 5.31. The molecule has 130 valence electrons. The maximum atomic E-state index is 12.3. The van der Waals surface area contributed by atoms with Gasteiger partial charge in [-0.05, 0) is 99.2 Å². The smallest absolute Gasteiger partial charge is 0.133 e. The summed E-state index contributed by atoms with van der Waals surface area (Å²) < 4.78 is 17.0.